The zero-order valence-electron chi connectivity index (χ0n) is 27.3. The molecular formula is C35H42FN3O7S. The number of hydrogen-bond acceptors (Lipinski definition) is 10. The SMILES string of the molecule is COCCOCOc1ccc2nc(-c3ccc(/C=C/c4ccc(N(CCOCCOCCF)C(=O)OC(C)(C)C)nc4)cc3)sc2c1. The second-order valence-electron chi connectivity index (χ2n) is 11.3. The molecule has 0 bridgehead atoms. The first-order valence-corrected chi connectivity index (χ1v) is 16.1. The monoisotopic (exact) mass is 667 g/mol. The van der Waals surface area contributed by atoms with Gasteiger partial charge in [0.1, 0.15) is 28.9 Å². The molecule has 2 aromatic carbocycles. The Morgan fingerprint density at radius 1 is 0.894 bits per heavy atom. The minimum absolute atomic E-state index is 0.0405. The standard InChI is InChI=1S/C35H42FN3O7S/c1-35(2,3)46-34(40)39(16-18-43-22-21-42-17-15-36)32-14-9-27(24-37-32)6-5-26-7-10-28(11-8-26)33-38-30-13-12-29(23-31(30)47-33)45-25-44-20-19-41-4/h5-14,23-24H,15-22,25H2,1-4H3/b6-5+. The van der Waals surface area contributed by atoms with Gasteiger partial charge in [-0.2, -0.15) is 0 Å². The first-order chi connectivity index (χ1) is 22.8. The molecule has 2 heterocycles. The van der Waals surface area contributed by atoms with Crippen LogP contribution in [0.5, 0.6) is 5.75 Å². The number of carbonyl (C=O) groups is 1. The largest absolute Gasteiger partial charge is 0.468 e. The van der Waals surface area contributed by atoms with Crippen molar-refractivity contribution in [2.45, 2.75) is 26.4 Å². The van der Waals surface area contributed by atoms with Gasteiger partial charge < -0.3 is 28.4 Å². The van der Waals surface area contributed by atoms with Crippen molar-refractivity contribution in [1.29, 1.82) is 0 Å². The van der Waals surface area contributed by atoms with Gasteiger partial charge in [0.25, 0.3) is 0 Å². The lowest BCUT2D eigenvalue weighted by molar-refractivity contribution is -0.00840. The Labute approximate surface area is 279 Å². The van der Waals surface area contributed by atoms with Crippen LogP contribution in [-0.2, 0) is 23.7 Å². The van der Waals surface area contributed by atoms with Crippen LogP contribution < -0.4 is 9.64 Å². The number of ether oxygens (including phenoxy) is 6. The minimum atomic E-state index is -0.667. The van der Waals surface area contributed by atoms with Gasteiger partial charge in [0, 0.05) is 18.9 Å². The lowest BCUT2D eigenvalue weighted by atomic mass is 10.1. The number of benzene rings is 2. The molecule has 0 saturated carbocycles. The van der Waals surface area contributed by atoms with Crippen LogP contribution in [0.3, 0.4) is 0 Å². The van der Waals surface area contributed by atoms with Crippen LogP contribution in [0.25, 0.3) is 32.9 Å². The molecule has 4 aromatic rings. The summed E-state index contributed by atoms with van der Waals surface area (Å²) < 4.78 is 45.4. The number of halogens is 1. The summed E-state index contributed by atoms with van der Waals surface area (Å²) in [4.78, 5) is 23.7. The number of hydrogen-bond donors (Lipinski definition) is 0. The van der Waals surface area contributed by atoms with Crippen molar-refractivity contribution in [1.82, 2.24) is 9.97 Å². The number of thiazole rings is 1. The summed E-state index contributed by atoms with van der Waals surface area (Å²) >= 11 is 1.61. The number of pyridine rings is 1. The smallest absolute Gasteiger partial charge is 0.416 e. The van der Waals surface area contributed by atoms with Gasteiger partial charge in [-0.25, -0.2) is 19.2 Å². The third-order valence-electron chi connectivity index (χ3n) is 6.44. The van der Waals surface area contributed by atoms with Gasteiger partial charge >= 0.3 is 6.09 Å². The fraction of sp³-hybridized carbons (Fsp3) is 0.400. The number of methoxy groups -OCH3 is 1. The Balaban J connectivity index is 1.35. The first kappa shape index (κ1) is 35.9. The molecule has 252 valence electrons. The molecule has 0 fully saturated rings. The second-order valence-corrected chi connectivity index (χ2v) is 12.3. The van der Waals surface area contributed by atoms with Crippen molar-refractivity contribution in [3.8, 4) is 16.3 Å². The molecule has 10 nitrogen and oxygen atoms in total. The van der Waals surface area contributed by atoms with Crippen LogP contribution in [0.1, 0.15) is 31.9 Å². The van der Waals surface area contributed by atoms with Crippen molar-refractivity contribution in [2.75, 3.05) is 71.7 Å². The van der Waals surface area contributed by atoms with E-state index in [1.54, 1.807) is 30.7 Å². The van der Waals surface area contributed by atoms with Gasteiger partial charge in [0.15, 0.2) is 6.79 Å². The molecule has 0 saturated heterocycles. The maximum atomic E-state index is 12.9. The molecule has 0 atom stereocenters. The summed E-state index contributed by atoms with van der Waals surface area (Å²) in [5.74, 6) is 1.18. The van der Waals surface area contributed by atoms with E-state index in [2.05, 4.69) is 4.98 Å². The highest BCUT2D eigenvalue weighted by atomic mass is 32.1. The van der Waals surface area contributed by atoms with Crippen LogP contribution in [0.2, 0.25) is 0 Å². The highest BCUT2D eigenvalue weighted by Gasteiger charge is 2.24. The van der Waals surface area contributed by atoms with Crippen LogP contribution in [0, 0.1) is 0 Å². The average molecular weight is 668 g/mol. The zero-order valence-corrected chi connectivity index (χ0v) is 28.1. The number of carbonyl (C=O) groups excluding carboxylic acids is 1. The van der Waals surface area contributed by atoms with E-state index >= 15 is 0 Å². The van der Waals surface area contributed by atoms with Crippen molar-refractivity contribution in [3.05, 3.63) is 71.9 Å². The molecule has 2 aromatic heterocycles. The third-order valence-corrected chi connectivity index (χ3v) is 7.51. The Morgan fingerprint density at radius 2 is 1.62 bits per heavy atom. The van der Waals surface area contributed by atoms with Crippen molar-refractivity contribution in [2.24, 2.45) is 0 Å². The maximum Gasteiger partial charge on any atom is 0.416 e. The van der Waals surface area contributed by atoms with E-state index in [-0.39, 0.29) is 33.2 Å². The molecule has 0 aliphatic carbocycles. The van der Waals surface area contributed by atoms with E-state index < -0.39 is 18.4 Å². The number of fused-ring (bicyclic) bond motifs is 1. The molecule has 0 aliphatic rings. The molecule has 47 heavy (non-hydrogen) atoms. The second kappa shape index (κ2) is 18.4. The lowest BCUT2D eigenvalue weighted by Gasteiger charge is -2.26. The molecule has 0 N–H and O–H groups in total. The molecular weight excluding hydrogens is 625 g/mol. The van der Waals surface area contributed by atoms with E-state index in [0.29, 0.717) is 25.6 Å². The zero-order chi connectivity index (χ0) is 33.5. The van der Waals surface area contributed by atoms with Crippen LogP contribution in [-0.4, -0.2) is 88.4 Å². The van der Waals surface area contributed by atoms with Gasteiger partial charge in [-0.05, 0) is 62.2 Å². The number of rotatable bonds is 18. The third kappa shape index (κ3) is 12.0. The number of amides is 1. The predicted octanol–water partition coefficient (Wildman–Crippen LogP) is 7.27. The van der Waals surface area contributed by atoms with Gasteiger partial charge in [-0.3, -0.25) is 4.90 Å². The highest BCUT2D eigenvalue weighted by Crippen LogP contribution is 2.32. The number of alkyl halides is 1. The van der Waals surface area contributed by atoms with E-state index in [4.69, 9.17) is 33.4 Å². The van der Waals surface area contributed by atoms with E-state index in [1.165, 1.54) is 4.90 Å². The Hall–Kier alpha value is -3.94. The van der Waals surface area contributed by atoms with E-state index in [1.807, 2.05) is 81.5 Å². The summed E-state index contributed by atoms with van der Waals surface area (Å²) in [5.41, 5.74) is 3.16. The Kier molecular flexibility index (Phi) is 14.1. The summed E-state index contributed by atoms with van der Waals surface area (Å²) in [6.45, 7) is 7.16. The van der Waals surface area contributed by atoms with Gasteiger partial charge in [0.2, 0.25) is 0 Å². The van der Waals surface area contributed by atoms with Gasteiger partial charge in [0.05, 0.1) is 56.4 Å². The minimum Gasteiger partial charge on any atom is -0.468 e. The summed E-state index contributed by atoms with van der Waals surface area (Å²) in [7, 11) is 1.63. The molecule has 0 aliphatic heterocycles. The lowest BCUT2D eigenvalue weighted by Crippen LogP contribution is -2.39. The topological polar surface area (TPSA) is 101 Å². The molecule has 12 heteroatoms. The van der Waals surface area contributed by atoms with E-state index in [9.17, 15) is 9.18 Å². The number of nitrogens with zero attached hydrogens (tertiary/aromatic N) is 3. The number of anilines is 1. The molecule has 0 unspecified atom stereocenters. The summed E-state index contributed by atoms with van der Waals surface area (Å²) in [5, 5.41) is 0.925. The average Bonchev–Trinajstić information content (AvgIpc) is 3.48. The predicted molar refractivity (Wildman–Crippen MR) is 183 cm³/mol. The summed E-state index contributed by atoms with van der Waals surface area (Å²) in [6, 6.07) is 17.7. The van der Waals surface area contributed by atoms with Crippen LogP contribution in [0.4, 0.5) is 15.0 Å². The molecule has 4 rings (SSSR count). The van der Waals surface area contributed by atoms with Gasteiger partial charge in [-0.15, -0.1) is 11.3 Å². The molecule has 0 radical (unpaired) electrons. The molecule has 1 amide bonds. The Bertz CT molecular complexity index is 1560. The fourth-order valence-electron chi connectivity index (χ4n) is 4.16. The number of aromatic nitrogens is 2. The van der Waals surface area contributed by atoms with Crippen molar-refractivity contribution in [3.63, 3.8) is 0 Å². The highest BCUT2D eigenvalue weighted by molar-refractivity contribution is 7.21. The van der Waals surface area contributed by atoms with Crippen LogP contribution >= 0.6 is 11.3 Å². The Morgan fingerprint density at radius 3 is 2.32 bits per heavy atom. The van der Waals surface area contributed by atoms with E-state index in [0.717, 1.165) is 37.7 Å². The fourth-order valence-corrected chi connectivity index (χ4v) is 5.16. The van der Waals surface area contributed by atoms with Gasteiger partial charge in [-0.1, -0.05) is 36.4 Å². The van der Waals surface area contributed by atoms with Crippen LogP contribution in [0.15, 0.2) is 60.8 Å². The maximum absolute atomic E-state index is 12.9. The molecule has 0 spiro atoms. The van der Waals surface area contributed by atoms with Crippen molar-refractivity contribution >= 4 is 45.6 Å². The summed E-state index contributed by atoms with van der Waals surface area (Å²) in [6.07, 6.45) is 5.15. The van der Waals surface area contributed by atoms with Crippen molar-refractivity contribution < 1.29 is 37.6 Å². The quantitative estimate of drug-likeness (QED) is 0.0801. The first-order valence-electron chi connectivity index (χ1n) is 15.3. The normalized spacial score (nSPS) is 11.8.